The Bertz CT molecular complexity index is 1140. The highest BCUT2D eigenvalue weighted by Crippen LogP contribution is 2.24. The van der Waals surface area contributed by atoms with E-state index in [-0.39, 0.29) is 20.8 Å². The van der Waals surface area contributed by atoms with Gasteiger partial charge in [-0.3, -0.25) is 9.59 Å². The van der Waals surface area contributed by atoms with Crippen LogP contribution in [0.2, 0.25) is 0 Å². The number of rotatable bonds is 0. The molecule has 0 saturated heterocycles. The zero-order chi connectivity index (χ0) is 18.5. The molecule has 130 valence electrons. The summed E-state index contributed by atoms with van der Waals surface area (Å²) in [5, 5.41) is 0.937. The average Bonchev–Trinajstić information content (AvgIpc) is 2.77. The van der Waals surface area contributed by atoms with Gasteiger partial charge >= 0.3 is 6.09 Å². The molecule has 0 amide bonds. The first-order valence-electron chi connectivity index (χ1n) is 7.68. The first kappa shape index (κ1) is 17.4. The van der Waals surface area contributed by atoms with Gasteiger partial charge in [0.2, 0.25) is 5.43 Å². The minimum absolute atomic E-state index is 0.113. The van der Waals surface area contributed by atoms with Gasteiger partial charge in [-0.05, 0) is 42.8 Å². The van der Waals surface area contributed by atoms with Crippen LogP contribution in [0.15, 0.2) is 44.5 Å². The van der Waals surface area contributed by atoms with Crippen molar-refractivity contribution in [2.75, 3.05) is 0 Å². The van der Waals surface area contributed by atoms with E-state index >= 15 is 0 Å². The summed E-state index contributed by atoms with van der Waals surface area (Å²) in [4.78, 5) is 38.3. The lowest BCUT2D eigenvalue weighted by Gasteiger charge is -2.19. The molecule has 0 aliphatic carbocycles. The van der Waals surface area contributed by atoms with E-state index in [2.05, 4.69) is 15.9 Å². The fourth-order valence-electron chi connectivity index (χ4n) is 2.78. The lowest BCUT2D eigenvalue weighted by Crippen LogP contribution is -2.33. The third kappa shape index (κ3) is 2.89. The minimum atomic E-state index is -0.833. The van der Waals surface area contributed by atoms with Crippen LogP contribution in [0.1, 0.15) is 20.8 Å². The van der Waals surface area contributed by atoms with Crippen molar-refractivity contribution in [3.8, 4) is 0 Å². The number of ether oxygens (including phenoxy) is 1. The standard InChI is InChI=1S/C18H17BrN2O4/c1-18(2,3)25-17(24)21-9-11(19)15(22)13-10-7-5-6-8-12(10)20(4)14(13)16(21)23/h5-9H,1-4H3. The molecule has 0 fully saturated rings. The highest BCUT2D eigenvalue weighted by Gasteiger charge is 2.22. The van der Waals surface area contributed by atoms with E-state index in [0.29, 0.717) is 5.39 Å². The summed E-state index contributed by atoms with van der Waals surface area (Å²) < 4.78 is 7.87. The Morgan fingerprint density at radius 3 is 2.44 bits per heavy atom. The van der Waals surface area contributed by atoms with E-state index in [1.54, 1.807) is 44.5 Å². The van der Waals surface area contributed by atoms with Crippen LogP contribution in [-0.2, 0) is 11.8 Å². The highest BCUT2D eigenvalue weighted by atomic mass is 79.9. The molecule has 0 aliphatic rings. The van der Waals surface area contributed by atoms with Crippen LogP contribution in [-0.4, -0.2) is 20.8 Å². The molecule has 2 heterocycles. The molecular weight excluding hydrogens is 388 g/mol. The summed E-state index contributed by atoms with van der Waals surface area (Å²) in [6.45, 7) is 5.12. The van der Waals surface area contributed by atoms with Gasteiger partial charge in [-0.25, -0.2) is 9.36 Å². The third-order valence-electron chi connectivity index (χ3n) is 3.80. The van der Waals surface area contributed by atoms with E-state index in [1.165, 1.54) is 6.20 Å². The minimum Gasteiger partial charge on any atom is -0.443 e. The van der Waals surface area contributed by atoms with Crippen molar-refractivity contribution < 1.29 is 9.53 Å². The first-order valence-corrected chi connectivity index (χ1v) is 8.47. The summed E-state index contributed by atoms with van der Waals surface area (Å²) in [5.41, 5.74) is -0.837. The summed E-state index contributed by atoms with van der Waals surface area (Å²) >= 11 is 3.19. The molecule has 0 aliphatic heterocycles. The van der Waals surface area contributed by atoms with Crippen LogP contribution >= 0.6 is 15.9 Å². The largest absolute Gasteiger partial charge is 0.443 e. The van der Waals surface area contributed by atoms with Crippen LogP contribution in [0, 0.1) is 0 Å². The Labute approximate surface area is 151 Å². The molecule has 0 saturated carbocycles. The van der Waals surface area contributed by atoms with E-state index in [0.717, 1.165) is 10.1 Å². The summed E-state index contributed by atoms with van der Waals surface area (Å²) in [7, 11) is 1.69. The number of carbonyl (C=O) groups is 1. The molecule has 0 atom stereocenters. The molecule has 6 nitrogen and oxygen atoms in total. The summed E-state index contributed by atoms with van der Waals surface area (Å²) in [6, 6.07) is 7.23. The van der Waals surface area contributed by atoms with Crippen LogP contribution < -0.4 is 11.0 Å². The van der Waals surface area contributed by atoms with Gasteiger partial charge in [0.1, 0.15) is 11.1 Å². The fraction of sp³-hybridized carbons (Fsp3) is 0.278. The SMILES string of the molecule is Cn1c2ccccc2c2c(=O)c(Br)cn(C(=O)OC(C)(C)C)c(=O)c21. The molecule has 0 spiro atoms. The van der Waals surface area contributed by atoms with Crippen LogP contribution in [0.4, 0.5) is 4.79 Å². The van der Waals surface area contributed by atoms with Gasteiger partial charge < -0.3 is 9.30 Å². The van der Waals surface area contributed by atoms with Crippen molar-refractivity contribution in [3.63, 3.8) is 0 Å². The Hall–Kier alpha value is -2.41. The second-order valence-corrected chi connectivity index (χ2v) is 7.62. The number of nitrogens with zero attached hydrogens (tertiary/aromatic N) is 2. The molecule has 25 heavy (non-hydrogen) atoms. The van der Waals surface area contributed by atoms with Crippen molar-refractivity contribution in [3.05, 3.63) is 55.5 Å². The van der Waals surface area contributed by atoms with Crippen LogP contribution in [0.25, 0.3) is 21.8 Å². The molecule has 3 rings (SSSR count). The summed E-state index contributed by atoms with van der Waals surface area (Å²) in [6.07, 6.45) is 0.341. The van der Waals surface area contributed by atoms with Crippen molar-refractivity contribution >= 4 is 43.8 Å². The maximum Gasteiger partial charge on any atom is 0.421 e. The van der Waals surface area contributed by atoms with Gasteiger partial charge in [0, 0.05) is 24.1 Å². The molecule has 2 aromatic heterocycles. The van der Waals surface area contributed by atoms with E-state index in [4.69, 9.17) is 4.74 Å². The second kappa shape index (κ2) is 5.84. The maximum absolute atomic E-state index is 13.0. The van der Waals surface area contributed by atoms with Gasteiger partial charge in [-0.15, -0.1) is 0 Å². The first-order chi connectivity index (χ1) is 11.6. The van der Waals surface area contributed by atoms with E-state index in [1.807, 2.05) is 12.1 Å². The predicted octanol–water partition coefficient (Wildman–Crippen LogP) is 3.40. The molecule has 7 heteroatoms. The summed E-state index contributed by atoms with van der Waals surface area (Å²) in [5.74, 6) is 0. The number of hydrogen-bond acceptors (Lipinski definition) is 4. The topological polar surface area (TPSA) is 70.3 Å². The Kier molecular flexibility index (Phi) is 4.07. The van der Waals surface area contributed by atoms with Crippen LogP contribution in [0.5, 0.6) is 0 Å². The number of fused-ring (bicyclic) bond motifs is 3. The molecule has 0 unspecified atom stereocenters. The number of hydrogen-bond donors (Lipinski definition) is 0. The molecule has 0 radical (unpaired) electrons. The second-order valence-electron chi connectivity index (χ2n) is 6.76. The van der Waals surface area contributed by atoms with Gasteiger partial charge in [-0.2, -0.15) is 0 Å². The Balaban J connectivity index is 2.50. The fourth-order valence-corrected chi connectivity index (χ4v) is 3.19. The monoisotopic (exact) mass is 404 g/mol. The smallest absolute Gasteiger partial charge is 0.421 e. The maximum atomic E-state index is 13.0. The van der Waals surface area contributed by atoms with Crippen molar-refractivity contribution in [1.82, 2.24) is 9.13 Å². The third-order valence-corrected chi connectivity index (χ3v) is 4.37. The molecule has 0 N–H and O–H groups in total. The molecule has 1 aromatic carbocycles. The zero-order valence-electron chi connectivity index (χ0n) is 14.3. The normalized spacial score (nSPS) is 11.9. The number of halogens is 1. The number of para-hydroxylation sites is 1. The zero-order valence-corrected chi connectivity index (χ0v) is 15.9. The Morgan fingerprint density at radius 2 is 1.80 bits per heavy atom. The van der Waals surface area contributed by atoms with Gasteiger partial charge in [0.25, 0.3) is 5.56 Å². The van der Waals surface area contributed by atoms with Gasteiger partial charge in [-0.1, -0.05) is 18.2 Å². The quantitative estimate of drug-likeness (QED) is 0.575. The molecular formula is C18H17BrN2O4. The highest BCUT2D eigenvalue weighted by molar-refractivity contribution is 9.10. The van der Waals surface area contributed by atoms with Crippen molar-refractivity contribution in [2.24, 2.45) is 7.05 Å². The number of carbonyl (C=O) groups excluding carboxylic acids is 1. The van der Waals surface area contributed by atoms with Crippen LogP contribution in [0.3, 0.4) is 0 Å². The van der Waals surface area contributed by atoms with Crippen molar-refractivity contribution in [1.29, 1.82) is 0 Å². The average molecular weight is 405 g/mol. The Morgan fingerprint density at radius 1 is 1.16 bits per heavy atom. The van der Waals surface area contributed by atoms with E-state index < -0.39 is 17.3 Å². The molecule has 0 bridgehead atoms. The number of benzene rings is 1. The van der Waals surface area contributed by atoms with E-state index in [9.17, 15) is 14.4 Å². The lowest BCUT2D eigenvalue weighted by molar-refractivity contribution is 0.0531. The number of aryl methyl sites for hydroxylation is 1. The predicted molar refractivity (Wildman–Crippen MR) is 100 cm³/mol. The number of aromatic nitrogens is 2. The lowest BCUT2D eigenvalue weighted by atomic mass is 10.2. The van der Waals surface area contributed by atoms with Crippen molar-refractivity contribution in [2.45, 2.75) is 26.4 Å². The van der Waals surface area contributed by atoms with Gasteiger partial charge in [0.15, 0.2) is 0 Å². The molecule has 3 aromatic rings. The van der Waals surface area contributed by atoms with Gasteiger partial charge in [0.05, 0.1) is 9.86 Å².